The summed E-state index contributed by atoms with van der Waals surface area (Å²) in [5.74, 6) is 5.44. The molecule has 1 amide bonds. The lowest BCUT2D eigenvalue weighted by Gasteiger charge is -2.22. The second-order valence-corrected chi connectivity index (χ2v) is 4.87. The Bertz CT molecular complexity index is 528. The molecule has 0 radical (unpaired) electrons. The van der Waals surface area contributed by atoms with Crippen LogP contribution in [0, 0.1) is 11.8 Å². The maximum atomic E-state index is 12.2. The summed E-state index contributed by atoms with van der Waals surface area (Å²) in [6, 6.07) is 3.49. The van der Waals surface area contributed by atoms with Crippen molar-refractivity contribution in [3.05, 3.63) is 29.6 Å². The molecule has 21 heavy (non-hydrogen) atoms. The minimum Gasteiger partial charge on any atom is -0.395 e. The summed E-state index contributed by atoms with van der Waals surface area (Å²) in [5, 5.41) is 11.6. The van der Waals surface area contributed by atoms with Crippen LogP contribution in [-0.4, -0.2) is 41.9 Å². The number of nitrogens with zero attached hydrogens (tertiary/aromatic N) is 1. The van der Waals surface area contributed by atoms with Crippen LogP contribution in [0.3, 0.4) is 0 Å². The third kappa shape index (κ3) is 4.85. The van der Waals surface area contributed by atoms with Gasteiger partial charge in [0.1, 0.15) is 5.69 Å². The van der Waals surface area contributed by atoms with Gasteiger partial charge in [-0.15, -0.1) is 0 Å². The van der Waals surface area contributed by atoms with Crippen LogP contribution < -0.4 is 5.32 Å². The van der Waals surface area contributed by atoms with Crippen LogP contribution in [0.15, 0.2) is 18.3 Å². The molecule has 1 atom stereocenters. The number of ether oxygens (including phenoxy) is 1. The number of amides is 1. The summed E-state index contributed by atoms with van der Waals surface area (Å²) < 4.78 is 5.58. The molecule has 0 aromatic carbocycles. The maximum Gasteiger partial charge on any atom is 0.271 e. The lowest BCUT2D eigenvalue weighted by molar-refractivity contribution is 0.0168. The third-order valence-electron chi connectivity index (χ3n) is 3.25. The molecule has 1 aliphatic heterocycles. The smallest absolute Gasteiger partial charge is 0.271 e. The van der Waals surface area contributed by atoms with Crippen molar-refractivity contribution in [1.82, 2.24) is 10.3 Å². The topological polar surface area (TPSA) is 71.5 Å². The van der Waals surface area contributed by atoms with Crippen LogP contribution in [0.2, 0.25) is 0 Å². The SMILES string of the molecule is O=C(NCC1CCCCO1)c1ncccc1C#CCCO. The number of nitrogens with one attached hydrogen (secondary N) is 1. The molecule has 2 heterocycles. The van der Waals surface area contributed by atoms with Crippen molar-refractivity contribution < 1.29 is 14.6 Å². The van der Waals surface area contributed by atoms with Crippen molar-refractivity contribution >= 4 is 5.91 Å². The van der Waals surface area contributed by atoms with Gasteiger partial charge in [-0.2, -0.15) is 0 Å². The van der Waals surface area contributed by atoms with Crippen LogP contribution >= 0.6 is 0 Å². The predicted molar refractivity (Wildman–Crippen MR) is 78.7 cm³/mol. The zero-order valence-corrected chi connectivity index (χ0v) is 12.0. The number of rotatable bonds is 4. The second kappa shape index (κ2) is 8.40. The zero-order valence-electron chi connectivity index (χ0n) is 12.0. The average Bonchev–Trinajstić information content (AvgIpc) is 2.54. The summed E-state index contributed by atoms with van der Waals surface area (Å²) >= 11 is 0. The van der Waals surface area contributed by atoms with E-state index in [0.717, 1.165) is 25.9 Å². The van der Waals surface area contributed by atoms with Crippen molar-refractivity contribution in [2.45, 2.75) is 31.8 Å². The van der Waals surface area contributed by atoms with Gasteiger partial charge in [0.25, 0.3) is 5.91 Å². The molecule has 2 rings (SSSR count). The number of carbonyl (C=O) groups excluding carboxylic acids is 1. The van der Waals surface area contributed by atoms with Crippen LogP contribution in [0.4, 0.5) is 0 Å². The maximum absolute atomic E-state index is 12.2. The van der Waals surface area contributed by atoms with E-state index in [9.17, 15) is 4.79 Å². The molecular weight excluding hydrogens is 268 g/mol. The summed E-state index contributed by atoms with van der Waals surface area (Å²) in [4.78, 5) is 16.3. The average molecular weight is 288 g/mol. The first-order valence-electron chi connectivity index (χ1n) is 7.26. The predicted octanol–water partition coefficient (Wildman–Crippen LogP) is 1.11. The van der Waals surface area contributed by atoms with Gasteiger partial charge in [0.15, 0.2) is 0 Å². The summed E-state index contributed by atoms with van der Waals surface area (Å²) in [6.07, 6.45) is 5.26. The molecular formula is C16H20N2O3. The number of carbonyl (C=O) groups is 1. The number of hydrogen-bond acceptors (Lipinski definition) is 4. The van der Waals surface area contributed by atoms with E-state index in [2.05, 4.69) is 22.1 Å². The van der Waals surface area contributed by atoms with Crippen LogP contribution in [0.5, 0.6) is 0 Å². The van der Waals surface area contributed by atoms with Crippen LogP contribution in [0.1, 0.15) is 41.7 Å². The quantitative estimate of drug-likeness (QED) is 0.814. The van der Waals surface area contributed by atoms with E-state index < -0.39 is 0 Å². The molecule has 0 aliphatic carbocycles. The fourth-order valence-corrected chi connectivity index (χ4v) is 2.16. The van der Waals surface area contributed by atoms with Gasteiger partial charge in [-0.1, -0.05) is 11.8 Å². The highest BCUT2D eigenvalue weighted by atomic mass is 16.5. The molecule has 112 valence electrons. The van der Waals surface area contributed by atoms with Gasteiger partial charge < -0.3 is 15.2 Å². The van der Waals surface area contributed by atoms with E-state index in [4.69, 9.17) is 9.84 Å². The molecule has 0 saturated carbocycles. The van der Waals surface area contributed by atoms with Crippen molar-refractivity contribution in [3.63, 3.8) is 0 Å². The molecule has 1 fully saturated rings. The molecule has 5 heteroatoms. The molecule has 0 spiro atoms. The van der Waals surface area contributed by atoms with Gasteiger partial charge in [-0.25, -0.2) is 4.98 Å². The van der Waals surface area contributed by atoms with Gasteiger partial charge in [0.05, 0.1) is 18.3 Å². The molecule has 1 saturated heterocycles. The van der Waals surface area contributed by atoms with Gasteiger partial charge in [0, 0.05) is 25.8 Å². The Morgan fingerprint density at radius 1 is 1.52 bits per heavy atom. The molecule has 2 N–H and O–H groups in total. The number of aliphatic hydroxyl groups excluding tert-OH is 1. The first-order valence-corrected chi connectivity index (χ1v) is 7.26. The number of pyridine rings is 1. The first-order chi connectivity index (χ1) is 10.3. The lowest BCUT2D eigenvalue weighted by Crippen LogP contribution is -2.36. The van der Waals surface area contributed by atoms with Crippen LogP contribution in [-0.2, 0) is 4.74 Å². The Kier molecular flexibility index (Phi) is 6.20. The minimum atomic E-state index is -0.238. The van der Waals surface area contributed by atoms with E-state index in [0.29, 0.717) is 24.2 Å². The summed E-state index contributed by atoms with van der Waals surface area (Å²) in [6.45, 7) is 1.27. The Hall–Kier alpha value is -1.90. The van der Waals surface area contributed by atoms with Crippen molar-refractivity contribution in [2.24, 2.45) is 0 Å². The monoisotopic (exact) mass is 288 g/mol. The third-order valence-corrected chi connectivity index (χ3v) is 3.25. The highest BCUT2D eigenvalue weighted by Gasteiger charge is 2.17. The van der Waals surface area contributed by atoms with Gasteiger partial charge in [-0.05, 0) is 31.4 Å². The van der Waals surface area contributed by atoms with E-state index >= 15 is 0 Å². The molecule has 1 aliphatic rings. The molecule has 1 unspecified atom stereocenters. The Balaban J connectivity index is 1.96. The normalized spacial score (nSPS) is 17.7. The molecule has 1 aromatic rings. The molecule has 5 nitrogen and oxygen atoms in total. The van der Waals surface area contributed by atoms with Gasteiger partial charge in [-0.3, -0.25) is 4.79 Å². The van der Waals surface area contributed by atoms with Gasteiger partial charge >= 0.3 is 0 Å². The summed E-state index contributed by atoms with van der Waals surface area (Å²) in [5.41, 5.74) is 0.895. The number of aliphatic hydroxyl groups is 1. The van der Waals surface area contributed by atoms with Crippen molar-refractivity contribution in [2.75, 3.05) is 19.8 Å². The highest BCUT2D eigenvalue weighted by Crippen LogP contribution is 2.12. The van der Waals surface area contributed by atoms with E-state index in [-0.39, 0.29) is 18.6 Å². The Morgan fingerprint density at radius 2 is 2.43 bits per heavy atom. The standard InChI is InChI=1S/C16H20N2O3/c19-10-3-1-6-13-7-5-9-17-15(13)16(20)18-12-14-8-2-4-11-21-14/h5,7,9,14,19H,2-4,8,10-12H2,(H,18,20). The van der Waals surface area contributed by atoms with Crippen LogP contribution in [0.25, 0.3) is 0 Å². The highest BCUT2D eigenvalue weighted by molar-refractivity contribution is 5.94. The zero-order chi connectivity index (χ0) is 14.9. The van der Waals surface area contributed by atoms with E-state index in [1.165, 1.54) is 0 Å². The molecule has 0 bridgehead atoms. The Labute approximate surface area is 124 Å². The fraction of sp³-hybridized carbons (Fsp3) is 0.500. The van der Waals surface area contributed by atoms with Gasteiger partial charge in [0.2, 0.25) is 0 Å². The fourth-order valence-electron chi connectivity index (χ4n) is 2.16. The minimum absolute atomic E-state index is 0.00775. The number of hydrogen-bond donors (Lipinski definition) is 2. The Morgan fingerprint density at radius 3 is 3.19 bits per heavy atom. The molecule has 1 aromatic heterocycles. The van der Waals surface area contributed by atoms with Crippen molar-refractivity contribution in [1.29, 1.82) is 0 Å². The van der Waals surface area contributed by atoms with E-state index in [1.54, 1.807) is 18.3 Å². The van der Waals surface area contributed by atoms with Crippen molar-refractivity contribution in [3.8, 4) is 11.8 Å². The number of aromatic nitrogens is 1. The largest absolute Gasteiger partial charge is 0.395 e. The van der Waals surface area contributed by atoms with E-state index in [1.807, 2.05) is 0 Å². The first kappa shape index (κ1) is 15.5. The summed E-state index contributed by atoms with van der Waals surface area (Å²) in [7, 11) is 0. The second-order valence-electron chi connectivity index (χ2n) is 4.87. The lowest BCUT2D eigenvalue weighted by atomic mass is 10.1.